The predicted molar refractivity (Wildman–Crippen MR) is 109 cm³/mol. The van der Waals surface area contributed by atoms with E-state index in [1.54, 1.807) is 6.20 Å². The second-order valence-electron chi connectivity index (χ2n) is 8.01. The van der Waals surface area contributed by atoms with Gasteiger partial charge in [-0.25, -0.2) is 14.8 Å². The summed E-state index contributed by atoms with van der Waals surface area (Å²) in [6.07, 6.45) is 5.45. The maximum absolute atomic E-state index is 12.2. The molecule has 0 spiro atoms. The number of urea groups is 1. The first-order valence-corrected chi connectivity index (χ1v) is 9.64. The van der Waals surface area contributed by atoms with Crippen molar-refractivity contribution in [1.82, 2.24) is 15.3 Å². The highest BCUT2D eigenvalue weighted by Crippen LogP contribution is 2.23. The molecule has 1 saturated heterocycles. The highest BCUT2D eigenvalue weighted by atomic mass is 16.2. The summed E-state index contributed by atoms with van der Waals surface area (Å²) in [6, 6.07) is 9.61. The average molecular weight is 367 g/mol. The number of nitrogens with zero attached hydrogens (tertiary/aromatic N) is 3. The van der Waals surface area contributed by atoms with Gasteiger partial charge >= 0.3 is 6.03 Å². The van der Waals surface area contributed by atoms with Crippen molar-refractivity contribution in [3.8, 4) is 0 Å². The SMILES string of the molecule is CC(C)(C)c1ccc(NC(=O)NCc2nccc(N3CCCCC3)n2)cc1. The molecule has 2 aromatic rings. The van der Waals surface area contributed by atoms with E-state index < -0.39 is 0 Å². The molecule has 2 N–H and O–H groups in total. The van der Waals surface area contributed by atoms with Crippen LogP contribution in [0.15, 0.2) is 36.5 Å². The van der Waals surface area contributed by atoms with Gasteiger partial charge < -0.3 is 15.5 Å². The van der Waals surface area contributed by atoms with Gasteiger partial charge in [0.1, 0.15) is 11.6 Å². The summed E-state index contributed by atoms with van der Waals surface area (Å²) in [5.41, 5.74) is 2.09. The highest BCUT2D eigenvalue weighted by molar-refractivity contribution is 5.89. The van der Waals surface area contributed by atoms with Crippen molar-refractivity contribution in [2.45, 2.75) is 52.0 Å². The van der Waals surface area contributed by atoms with Gasteiger partial charge in [-0.05, 0) is 48.4 Å². The third-order valence-electron chi connectivity index (χ3n) is 4.79. The van der Waals surface area contributed by atoms with Gasteiger partial charge in [0.05, 0.1) is 6.54 Å². The Morgan fingerprint density at radius 2 is 1.78 bits per heavy atom. The van der Waals surface area contributed by atoms with Crippen LogP contribution < -0.4 is 15.5 Å². The van der Waals surface area contributed by atoms with Crippen molar-refractivity contribution in [3.05, 3.63) is 47.9 Å². The van der Waals surface area contributed by atoms with E-state index in [4.69, 9.17) is 0 Å². The molecule has 144 valence electrons. The second kappa shape index (κ2) is 8.37. The summed E-state index contributed by atoms with van der Waals surface area (Å²) in [5.74, 6) is 1.57. The van der Waals surface area contributed by atoms with E-state index >= 15 is 0 Å². The highest BCUT2D eigenvalue weighted by Gasteiger charge is 2.14. The molecule has 6 heteroatoms. The van der Waals surface area contributed by atoms with E-state index in [9.17, 15) is 4.79 Å². The van der Waals surface area contributed by atoms with E-state index in [0.29, 0.717) is 12.4 Å². The number of benzene rings is 1. The first-order chi connectivity index (χ1) is 12.9. The quantitative estimate of drug-likeness (QED) is 0.854. The van der Waals surface area contributed by atoms with Crippen LogP contribution in [-0.4, -0.2) is 29.1 Å². The summed E-state index contributed by atoms with van der Waals surface area (Å²) >= 11 is 0. The molecule has 0 atom stereocenters. The van der Waals surface area contributed by atoms with Crippen molar-refractivity contribution in [1.29, 1.82) is 0 Å². The maximum Gasteiger partial charge on any atom is 0.319 e. The number of rotatable bonds is 4. The molecule has 0 unspecified atom stereocenters. The molecule has 1 fully saturated rings. The molecular formula is C21H29N5O. The van der Waals surface area contributed by atoms with Gasteiger partial charge in [0.25, 0.3) is 0 Å². The van der Waals surface area contributed by atoms with Crippen molar-refractivity contribution in [3.63, 3.8) is 0 Å². The van der Waals surface area contributed by atoms with E-state index in [0.717, 1.165) is 24.6 Å². The minimum absolute atomic E-state index is 0.0947. The lowest BCUT2D eigenvalue weighted by molar-refractivity contribution is 0.251. The number of hydrogen-bond donors (Lipinski definition) is 2. The molecular weight excluding hydrogens is 338 g/mol. The minimum atomic E-state index is -0.259. The number of hydrogen-bond acceptors (Lipinski definition) is 4. The maximum atomic E-state index is 12.2. The standard InChI is InChI=1S/C21H29N5O/c1-21(2,3)16-7-9-17(10-8-16)24-20(27)23-15-18-22-12-11-19(25-18)26-13-5-4-6-14-26/h7-12H,4-6,13-15H2,1-3H3,(H2,23,24,27). The summed E-state index contributed by atoms with van der Waals surface area (Å²) in [5, 5.41) is 5.68. The summed E-state index contributed by atoms with van der Waals surface area (Å²) in [4.78, 5) is 23.3. The second-order valence-corrected chi connectivity index (χ2v) is 8.01. The van der Waals surface area contributed by atoms with Crippen LogP contribution in [0, 0.1) is 0 Å². The molecule has 0 radical (unpaired) electrons. The molecule has 2 heterocycles. The zero-order chi connectivity index (χ0) is 19.3. The molecule has 1 aliphatic heterocycles. The van der Waals surface area contributed by atoms with Gasteiger partial charge in [0.2, 0.25) is 0 Å². The zero-order valence-electron chi connectivity index (χ0n) is 16.5. The van der Waals surface area contributed by atoms with Crippen LogP contribution in [0.1, 0.15) is 51.4 Å². The molecule has 1 aromatic heterocycles. The Balaban J connectivity index is 1.53. The Labute approximate surface area is 161 Å². The van der Waals surface area contributed by atoms with Crippen LogP contribution >= 0.6 is 0 Å². The third kappa shape index (κ3) is 5.42. The number of anilines is 2. The lowest BCUT2D eigenvalue weighted by Crippen LogP contribution is -2.31. The number of carbonyl (C=O) groups excluding carboxylic acids is 1. The number of piperidine rings is 1. The summed E-state index contributed by atoms with van der Waals surface area (Å²) in [7, 11) is 0. The molecule has 6 nitrogen and oxygen atoms in total. The Morgan fingerprint density at radius 1 is 1.07 bits per heavy atom. The van der Waals surface area contributed by atoms with Crippen molar-refractivity contribution in [2.24, 2.45) is 0 Å². The van der Waals surface area contributed by atoms with Crippen LogP contribution in [0.25, 0.3) is 0 Å². The summed E-state index contributed by atoms with van der Waals surface area (Å²) in [6.45, 7) is 8.87. The van der Waals surface area contributed by atoms with Crippen LogP contribution in [-0.2, 0) is 12.0 Å². The van der Waals surface area contributed by atoms with Gasteiger partial charge in [-0.1, -0.05) is 32.9 Å². The Morgan fingerprint density at radius 3 is 2.44 bits per heavy atom. The first kappa shape index (κ1) is 19.1. The van der Waals surface area contributed by atoms with Gasteiger partial charge in [0.15, 0.2) is 0 Å². The fraction of sp³-hybridized carbons (Fsp3) is 0.476. The Bertz CT molecular complexity index is 761. The van der Waals surface area contributed by atoms with E-state index in [-0.39, 0.29) is 11.4 Å². The molecule has 0 saturated carbocycles. The van der Waals surface area contributed by atoms with Gasteiger partial charge in [-0.2, -0.15) is 0 Å². The van der Waals surface area contributed by atoms with E-state index in [1.165, 1.54) is 24.8 Å². The number of nitrogens with one attached hydrogen (secondary N) is 2. The van der Waals surface area contributed by atoms with E-state index in [2.05, 4.69) is 46.3 Å². The van der Waals surface area contributed by atoms with Crippen LogP contribution in [0.4, 0.5) is 16.3 Å². The average Bonchev–Trinajstić information content (AvgIpc) is 2.67. The topological polar surface area (TPSA) is 70.2 Å². The number of amides is 2. The molecule has 2 amide bonds. The van der Waals surface area contributed by atoms with Crippen LogP contribution in [0.3, 0.4) is 0 Å². The largest absolute Gasteiger partial charge is 0.357 e. The first-order valence-electron chi connectivity index (χ1n) is 9.64. The van der Waals surface area contributed by atoms with Crippen molar-refractivity contribution < 1.29 is 4.79 Å². The third-order valence-corrected chi connectivity index (χ3v) is 4.79. The molecule has 0 aliphatic carbocycles. The van der Waals surface area contributed by atoms with Crippen molar-refractivity contribution in [2.75, 3.05) is 23.3 Å². The fourth-order valence-electron chi connectivity index (χ4n) is 3.16. The minimum Gasteiger partial charge on any atom is -0.357 e. The van der Waals surface area contributed by atoms with E-state index in [1.807, 2.05) is 30.3 Å². The Kier molecular flexibility index (Phi) is 5.94. The fourth-order valence-corrected chi connectivity index (χ4v) is 3.16. The van der Waals surface area contributed by atoms with Crippen LogP contribution in [0.2, 0.25) is 0 Å². The monoisotopic (exact) mass is 367 g/mol. The molecule has 1 aliphatic rings. The van der Waals surface area contributed by atoms with Gasteiger partial charge in [0, 0.05) is 25.0 Å². The number of aromatic nitrogens is 2. The zero-order valence-corrected chi connectivity index (χ0v) is 16.5. The Hall–Kier alpha value is -2.63. The predicted octanol–water partition coefficient (Wildman–Crippen LogP) is 4.09. The normalized spacial score (nSPS) is 14.7. The molecule has 1 aromatic carbocycles. The van der Waals surface area contributed by atoms with Gasteiger partial charge in [-0.3, -0.25) is 0 Å². The summed E-state index contributed by atoms with van der Waals surface area (Å²) < 4.78 is 0. The van der Waals surface area contributed by atoms with Crippen molar-refractivity contribution >= 4 is 17.5 Å². The molecule has 0 bridgehead atoms. The van der Waals surface area contributed by atoms with Crippen LogP contribution in [0.5, 0.6) is 0 Å². The molecule has 3 rings (SSSR count). The lowest BCUT2D eigenvalue weighted by atomic mass is 9.87. The molecule has 27 heavy (non-hydrogen) atoms. The number of carbonyl (C=O) groups is 1. The lowest BCUT2D eigenvalue weighted by Gasteiger charge is -2.27. The van der Waals surface area contributed by atoms with Gasteiger partial charge in [-0.15, -0.1) is 0 Å². The smallest absolute Gasteiger partial charge is 0.319 e.